The molecule has 2 bridgehead atoms. The molecule has 3 aliphatic heterocycles. The van der Waals surface area contributed by atoms with Crippen LogP contribution in [0, 0.1) is 6.92 Å². The number of aromatic amines is 1. The first kappa shape index (κ1) is 28.9. The highest BCUT2D eigenvalue weighted by Gasteiger charge is 2.70. The van der Waals surface area contributed by atoms with E-state index in [1.54, 1.807) is 6.92 Å². The first-order valence-corrected chi connectivity index (χ1v) is 17.6. The van der Waals surface area contributed by atoms with Gasteiger partial charge in [0, 0.05) is 11.8 Å². The van der Waals surface area contributed by atoms with Crippen molar-refractivity contribution in [2.45, 2.75) is 128 Å². The molecule has 3 fully saturated rings. The molecule has 0 amide bonds. The molecule has 2 N–H and O–H groups in total. The molecule has 0 saturated carbocycles. The molecule has 1 aromatic heterocycles. The topological polar surface area (TPSA) is 113 Å². The summed E-state index contributed by atoms with van der Waals surface area (Å²) in [6.45, 7) is 21.5. The molecule has 0 aliphatic carbocycles. The molecular weight excluding hydrogens is 510 g/mol. The van der Waals surface area contributed by atoms with Crippen LogP contribution in [0.15, 0.2) is 15.8 Å². The standard InChI is InChI=1S/C25H45N3O7Si2/c1-11-19-25-13-31-36(14(2)3,15(4)5)35-37(16(6)7,17(8)9)34-21(25)20(33-27-19)23(32-25)28-12-18(10)22(29)26-24(28)30/h12,14-17,19-21,23,27H,11,13H2,1-10H3,(H,26,29,30)/t19-,20?,21-,23-,25+/m1/s1. The third-order valence-corrected chi connectivity index (χ3v) is 18.7. The average molecular weight is 556 g/mol. The number of nitrogens with zero attached hydrogens (tertiary/aromatic N) is 1. The number of hydroxylamine groups is 1. The molecule has 0 aromatic carbocycles. The van der Waals surface area contributed by atoms with E-state index in [1.165, 1.54) is 10.8 Å². The second-order valence-electron chi connectivity index (χ2n) is 12.1. The van der Waals surface area contributed by atoms with Gasteiger partial charge in [-0.05, 0) is 35.5 Å². The van der Waals surface area contributed by atoms with Crippen LogP contribution >= 0.6 is 0 Å². The summed E-state index contributed by atoms with van der Waals surface area (Å²) >= 11 is 0. The first-order chi connectivity index (χ1) is 17.3. The van der Waals surface area contributed by atoms with E-state index in [0.29, 0.717) is 12.0 Å². The Labute approximate surface area is 221 Å². The van der Waals surface area contributed by atoms with E-state index in [0.717, 1.165) is 0 Å². The van der Waals surface area contributed by atoms with Gasteiger partial charge in [-0.3, -0.25) is 19.2 Å². The summed E-state index contributed by atoms with van der Waals surface area (Å²) in [5.41, 5.74) is 2.42. The SMILES string of the molecule is CC[C@H]1NOC2[C@H](n3cc(C)c(=O)[nH]c3=O)O[C@@]13CO[Si](C(C)C)(C(C)C)O[Si](C(C)C)(C(C)C)O[C@H]23. The summed E-state index contributed by atoms with van der Waals surface area (Å²) in [5.74, 6) is 0. The van der Waals surface area contributed by atoms with Gasteiger partial charge >= 0.3 is 22.8 Å². The van der Waals surface area contributed by atoms with Crippen molar-refractivity contribution in [3.63, 3.8) is 0 Å². The fourth-order valence-electron chi connectivity index (χ4n) is 6.39. The van der Waals surface area contributed by atoms with Gasteiger partial charge in [0.05, 0.1) is 12.6 Å². The predicted molar refractivity (Wildman–Crippen MR) is 145 cm³/mol. The first-order valence-electron chi connectivity index (χ1n) is 13.7. The Balaban J connectivity index is 1.93. The van der Waals surface area contributed by atoms with Crippen molar-refractivity contribution in [1.82, 2.24) is 15.0 Å². The Morgan fingerprint density at radius 3 is 2.16 bits per heavy atom. The van der Waals surface area contributed by atoms with E-state index >= 15 is 0 Å². The maximum absolute atomic E-state index is 13.0. The zero-order valence-electron chi connectivity index (χ0n) is 23.9. The van der Waals surface area contributed by atoms with Crippen molar-refractivity contribution in [3.8, 4) is 0 Å². The summed E-state index contributed by atoms with van der Waals surface area (Å²) in [4.78, 5) is 33.7. The van der Waals surface area contributed by atoms with Crippen molar-refractivity contribution in [2.24, 2.45) is 0 Å². The van der Waals surface area contributed by atoms with Crippen LogP contribution < -0.4 is 16.7 Å². The smallest absolute Gasteiger partial charge is 0.335 e. The maximum Gasteiger partial charge on any atom is 0.335 e. The van der Waals surface area contributed by atoms with Crippen molar-refractivity contribution < 1.29 is 22.5 Å². The summed E-state index contributed by atoms with van der Waals surface area (Å²) < 4.78 is 30.0. The number of hydrogen-bond donors (Lipinski definition) is 2. The monoisotopic (exact) mass is 555 g/mol. The number of hydrogen-bond acceptors (Lipinski definition) is 8. The fourth-order valence-corrected chi connectivity index (χ4v) is 17.6. The van der Waals surface area contributed by atoms with E-state index in [2.05, 4.69) is 72.8 Å². The van der Waals surface area contributed by atoms with Crippen LogP contribution in [-0.4, -0.2) is 57.1 Å². The molecule has 0 radical (unpaired) electrons. The summed E-state index contributed by atoms with van der Waals surface area (Å²) in [6.07, 6.45) is 0.271. The molecule has 3 saturated heterocycles. The molecule has 4 rings (SSSR count). The number of rotatable bonds is 6. The van der Waals surface area contributed by atoms with E-state index in [9.17, 15) is 9.59 Å². The lowest BCUT2D eigenvalue weighted by Gasteiger charge is -2.56. The van der Waals surface area contributed by atoms with Gasteiger partial charge in [-0.1, -0.05) is 62.3 Å². The van der Waals surface area contributed by atoms with Gasteiger partial charge in [-0.2, -0.15) is 5.48 Å². The van der Waals surface area contributed by atoms with E-state index in [-0.39, 0.29) is 34.8 Å². The van der Waals surface area contributed by atoms with E-state index < -0.39 is 52.4 Å². The molecule has 5 atom stereocenters. The molecule has 1 aromatic rings. The molecule has 37 heavy (non-hydrogen) atoms. The number of aryl methyl sites for hydroxylation is 1. The quantitative estimate of drug-likeness (QED) is 0.511. The summed E-state index contributed by atoms with van der Waals surface area (Å²) in [5, 5.41) is 0. The zero-order valence-corrected chi connectivity index (χ0v) is 25.9. The summed E-state index contributed by atoms with van der Waals surface area (Å²) in [6, 6.07) is -0.228. The summed E-state index contributed by atoms with van der Waals surface area (Å²) in [7, 11) is -5.74. The lowest BCUT2D eigenvalue weighted by Crippen LogP contribution is -2.73. The van der Waals surface area contributed by atoms with Gasteiger partial charge in [0.25, 0.3) is 5.56 Å². The van der Waals surface area contributed by atoms with E-state index in [4.69, 9.17) is 22.5 Å². The number of nitrogens with one attached hydrogen (secondary N) is 2. The van der Waals surface area contributed by atoms with Gasteiger partial charge in [0.2, 0.25) is 0 Å². The molecule has 3 aliphatic rings. The maximum atomic E-state index is 13.0. The fraction of sp³-hybridized carbons (Fsp3) is 0.840. The zero-order chi connectivity index (χ0) is 27.5. The predicted octanol–water partition coefficient (Wildman–Crippen LogP) is 3.75. The minimum atomic E-state index is -2.94. The van der Waals surface area contributed by atoms with Gasteiger partial charge in [-0.15, -0.1) is 0 Å². The lowest BCUT2D eigenvalue weighted by molar-refractivity contribution is -0.192. The number of H-pyrrole nitrogens is 1. The molecule has 210 valence electrons. The van der Waals surface area contributed by atoms with Crippen molar-refractivity contribution in [1.29, 1.82) is 0 Å². The Hall–Kier alpha value is -1.13. The van der Waals surface area contributed by atoms with E-state index in [1.807, 2.05) is 0 Å². The van der Waals surface area contributed by atoms with Crippen LogP contribution in [0.4, 0.5) is 0 Å². The normalized spacial score (nSPS) is 33.1. The minimum absolute atomic E-state index is 0.140. The van der Waals surface area contributed by atoms with Gasteiger partial charge in [0.15, 0.2) is 12.3 Å². The highest BCUT2D eigenvalue weighted by atomic mass is 28.5. The molecule has 10 nitrogen and oxygen atoms in total. The van der Waals surface area contributed by atoms with Crippen molar-refractivity contribution >= 4 is 17.1 Å². The third-order valence-electron chi connectivity index (χ3n) is 8.54. The van der Waals surface area contributed by atoms with Gasteiger partial charge in [-0.25, -0.2) is 4.79 Å². The second-order valence-corrected chi connectivity index (χ2v) is 20.9. The minimum Gasteiger partial charge on any atom is -0.414 e. The van der Waals surface area contributed by atoms with Gasteiger partial charge < -0.3 is 17.7 Å². The Morgan fingerprint density at radius 1 is 1.03 bits per heavy atom. The Morgan fingerprint density at radius 2 is 1.62 bits per heavy atom. The van der Waals surface area contributed by atoms with Crippen LogP contribution in [0.25, 0.3) is 0 Å². The van der Waals surface area contributed by atoms with Crippen molar-refractivity contribution in [3.05, 3.63) is 32.6 Å². The lowest BCUT2D eigenvalue weighted by atomic mass is 9.86. The van der Waals surface area contributed by atoms with Crippen LogP contribution in [0.3, 0.4) is 0 Å². The number of aromatic nitrogens is 2. The highest BCUT2D eigenvalue weighted by Crippen LogP contribution is 2.53. The molecule has 12 heteroatoms. The molecule has 4 heterocycles. The Kier molecular flexibility index (Phi) is 7.90. The second kappa shape index (κ2) is 10.1. The van der Waals surface area contributed by atoms with Gasteiger partial charge in [0.1, 0.15) is 11.7 Å². The average Bonchev–Trinajstić information content (AvgIpc) is 2.98. The third kappa shape index (κ3) is 4.37. The number of ether oxygens (including phenoxy) is 1. The van der Waals surface area contributed by atoms with Crippen LogP contribution in [0.2, 0.25) is 22.2 Å². The molecular formula is C25H45N3O7Si2. The Bertz CT molecular complexity index is 1090. The van der Waals surface area contributed by atoms with Crippen LogP contribution in [0.1, 0.15) is 80.5 Å². The molecule has 0 spiro atoms. The van der Waals surface area contributed by atoms with Crippen molar-refractivity contribution in [2.75, 3.05) is 6.61 Å². The largest absolute Gasteiger partial charge is 0.414 e. The van der Waals surface area contributed by atoms with Crippen LogP contribution in [0.5, 0.6) is 0 Å². The van der Waals surface area contributed by atoms with Crippen LogP contribution in [-0.2, 0) is 22.5 Å². The highest BCUT2D eigenvalue weighted by molar-refractivity contribution is 6.84. The molecule has 1 unspecified atom stereocenters.